The number of nitrogens with zero attached hydrogens (tertiary/aromatic N) is 5. The minimum Gasteiger partial charge on any atom is -0.275 e. The number of thiazole rings is 1. The molecule has 5 rings (SSSR count). The van der Waals surface area contributed by atoms with Crippen molar-refractivity contribution >= 4 is 38.1 Å². The van der Waals surface area contributed by atoms with Crippen LogP contribution in [0.15, 0.2) is 48.7 Å². The zero-order valence-corrected chi connectivity index (χ0v) is 16.0. The SMILES string of the molecule is O=[N+]([O-])c1ccc2c(cnn2CN2CCCCC2c2nc3ccccc3s2)c1. The molecule has 8 heteroatoms. The van der Waals surface area contributed by atoms with Crippen molar-refractivity contribution in [3.05, 3.63) is 63.8 Å². The van der Waals surface area contributed by atoms with E-state index in [1.165, 1.54) is 11.1 Å². The van der Waals surface area contributed by atoms with Crippen LogP contribution in [0.4, 0.5) is 5.69 Å². The van der Waals surface area contributed by atoms with Crippen molar-refractivity contribution in [2.75, 3.05) is 6.54 Å². The van der Waals surface area contributed by atoms with Crippen molar-refractivity contribution in [1.82, 2.24) is 19.7 Å². The van der Waals surface area contributed by atoms with Gasteiger partial charge in [-0.1, -0.05) is 18.6 Å². The fourth-order valence-electron chi connectivity index (χ4n) is 3.95. The van der Waals surface area contributed by atoms with Gasteiger partial charge in [0.2, 0.25) is 0 Å². The molecule has 7 nitrogen and oxygen atoms in total. The highest BCUT2D eigenvalue weighted by molar-refractivity contribution is 7.18. The lowest BCUT2D eigenvalue weighted by Crippen LogP contribution is -2.35. The number of nitro benzene ring substituents is 1. The second-order valence-corrected chi connectivity index (χ2v) is 8.19. The van der Waals surface area contributed by atoms with Gasteiger partial charge >= 0.3 is 0 Å². The summed E-state index contributed by atoms with van der Waals surface area (Å²) in [5.41, 5.74) is 2.07. The fraction of sp³-hybridized carbons (Fsp3) is 0.300. The normalized spacial score (nSPS) is 18.1. The summed E-state index contributed by atoms with van der Waals surface area (Å²) in [5, 5.41) is 17.5. The Morgan fingerprint density at radius 1 is 1.21 bits per heavy atom. The van der Waals surface area contributed by atoms with Gasteiger partial charge in [-0.05, 0) is 31.0 Å². The quantitative estimate of drug-likeness (QED) is 0.370. The smallest absolute Gasteiger partial charge is 0.270 e. The largest absolute Gasteiger partial charge is 0.275 e. The van der Waals surface area contributed by atoms with E-state index in [1.54, 1.807) is 35.7 Å². The van der Waals surface area contributed by atoms with Gasteiger partial charge in [0.25, 0.3) is 5.69 Å². The topological polar surface area (TPSA) is 77.1 Å². The molecule has 0 radical (unpaired) electrons. The van der Waals surface area contributed by atoms with E-state index in [0.29, 0.717) is 6.67 Å². The van der Waals surface area contributed by atoms with Crippen molar-refractivity contribution in [2.45, 2.75) is 32.0 Å². The van der Waals surface area contributed by atoms with E-state index in [1.807, 2.05) is 10.7 Å². The highest BCUT2D eigenvalue weighted by Gasteiger charge is 2.27. The van der Waals surface area contributed by atoms with Gasteiger partial charge < -0.3 is 0 Å². The summed E-state index contributed by atoms with van der Waals surface area (Å²) in [7, 11) is 0. The number of nitro groups is 1. The Hall–Kier alpha value is -2.84. The molecule has 1 aliphatic rings. The predicted octanol–water partition coefficient (Wildman–Crippen LogP) is 4.74. The summed E-state index contributed by atoms with van der Waals surface area (Å²) in [6, 6.07) is 13.5. The van der Waals surface area contributed by atoms with Gasteiger partial charge in [0.05, 0.1) is 39.6 Å². The van der Waals surface area contributed by atoms with E-state index < -0.39 is 0 Å². The molecule has 1 unspecified atom stereocenters. The first-order valence-corrected chi connectivity index (χ1v) is 10.2. The van der Waals surface area contributed by atoms with Crippen LogP contribution in [0.5, 0.6) is 0 Å². The van der Waals surface area contributed by atoms with Crippen LogP contribution < -0.4 is 0 Å². The molecule has 0 amide bonds. The Labute approximate surface area is 165 Å². The molecule has 1 aliphatic heterocycles. The first kappa shape index (κ1) is 17.3. The molecule has 2 aromatic carbocycles. The van der Waals surface area contributed by atoms with Crippen molar-refractivity contribution in [3.8, 4) is 0 Å². The molecule has 1 atom stereocenters. The maximum absolute atomic E-state index is 11.0. The lowest BCUT2D eigenvalue weighted by Gasteiger charge is -2.34. The zero-order chi connectivity index (χ0) is 19.1. The molecule has 28 heavy (non-hydrogen) atoms. The summed E-state index contributed by atoms with van der Waals surface area (Å²) in [5.74, 6) is 0. The fourth-order valence-corrected chi connectivity index (χ4v) is 5.08. The van der Waals surface area contributed by atoms with Crippen LogP contribution in [0.3, 0.4) is 0 Å². The number of piperidine rings is 1. The predicted molar refractivity (Wildman–Crippen MR) is 109 cm³/mol. The Kier molecular flexibility index (Phi) is 4.29. The lowest BCUT2D eigenvalue weighted by molar-refractivity contribution is -0.384. The van der Waals surface area contributed by atoms with Crippen LogP contribution in [-0.4, -0.2) is 31.1 Å². The maximum Gasteiger partial charge on any atom is 0.270 e. The standard InChI is InChI=1S/C20H19N5O2S/c26-25(27)15-8-9-17-14(11-15)12-21-24(17)13-23-10-4-3-6-18(23)20-22-16-5-1-2-7-19(16)28-20/h1-2,5,7-9,11-12,18H,3-4,6,10,13H2. The second-order valence-electron chi connectivity index (χ2n) is 7.13. The summed E-state index contributed by atoms with van der Waals surface area (Å²) >= 11 is 1.77. The van der Waals surface area contributed by atoms with Crippen molar-refractivity contribution in [3.63, 3.8) is 0 Å². The summed E-state index contributed by atoms with van der Waals surface area (Å²) < 4.78 is 3.16. The van der Waals surface area contributed by atoms with Gasteiger partial charge in [0.15, 0.2) is 0 Å². The van der Waals surface area contributed by atoms with E-state index in [0.717, 1.165) is 40.8 Å². The average Bonchev–Trinajstić information content (AvgIpc) is 3.32. The average molecular weight is 393 g/mol. The molecule has 1 saturated heterocycles. The Morgan fingerprint density at radius 2 is 2.11 bits per heavy atom. The zero-order valence-electron chi connectivity index (χ0n) is 15.2. The van der Waals surface area contributed by atoms with Crippen LogP contribution >= 0.6 is 11.3 Å². The number of benzene rings is 2. The number of likely N-dealkylation sites (tertiary alicyclic amines) is 1. The molecule has 0 bridgehead atoms. The van der Waals surface area contributed by atoms with Gasteiger partial charge in [0.1, 0.15) is 5.01 Å². The van der Waals surface area contributed by atoms with Crippen LogP contribution in [0, 0.1) is 10.1 Å². The van der Waals surface area contributed by atoms with Gasteiger partial charge in [-0.2, -0.15) is 5.10 Å². The lowest BCUT2D eigenvalue weighted by atomic mass is 10.0. The maximum atomic E-state index is 11.0. The highest BCUT2D eigenvalue weighted by Crippen LogP contribution is 2.36. The first-order valence-electron chi connectivity index (χ1n) is 9.38. The Balaban J connectivity index is 1.45. The number of hydrogen-bond acceptors (Lipinski definition) is 6. The van der Waals surface area contributed by atoms with Gasteiger partial charge in [-0.3, -0.25) is 19.7 Å². The first-order chi connectivity index (χ1) is 13.7. The number of rotatable bonds is 4. The molecule has 0 aliphatic carbocycles. The number of para-hydroxylation sites is 1. The molecule has 142 valence electrons. The van der Waals surface area contributed by atoms with Crippen LogP contribution in [0.2, 0.25) is 0 Å². The third kappa shape index (κ3) is 3.04. The molecular weight excluding hydrogens is 374 g/mol. The third-order valence-electron chi connectivity index (χ3n) is 5.36. The van der Waals surface area contributed by atoms with E-state index >= 15 is 0 Å². The molecule has 0 N–H and O–H groups in total. The number of aromatic nitrogens is 3. The molecular formula is C20H19N5O2S. The Morgan fingerprint density at radius 3 is 2.96 bits per heavy atom. The molecule has 1 fully saturated rings. The van der Waals surface area contributed by atoms with Crippen molar-refractivity contribution < 1.29 is 4.92 Å². The van der Waals surface area contributed by atoms with Crippen LogP contribution in [0.1, 0.15) is 30.3 Å². The molecule has 0 saturated carbocycles. The molecule has 3 heterocycles. The summed E-state index contributed by atoms with van der Waals surface area (Å²) in [6.45, 7) is 1.65. The van der Waals surface area contributed by atoms with Crippen molar-refractivity contribution in [1.29, 1.82) is 0 Å². The van der Waals surface area contributed by atoms with E-state index in [9.17, 15) is 10.1 Å². The minimum atomic E-state index is -0.370. The van der Waals surface area contributed by atoms with Gasteiger partial charge in [-0.15, -0.1) is 11.3 Å². The monoisotopic (exact) mass is 393 g/mol. The second kappa shape index (κ2) is 6.96. The highest BCUT2D eigenvalue weighted by atomic mass is 32.1. The number of non-ortho nitro benzene ring substituents is 1. The minimum absolute atomic E-state index is 0.0948. The third-order valence-corrected chi connectivity index (χ3v) is 6.50. The van der Waals surface area contributed by atoms with Crippen LogP contribution in [0.25, 0.3) is 21.1 Å². The molecule has 4 aromatic rings. The van der Waals surface area contributed by atoms with E-state index in [-0.39, 0.29) is 16.7 Å². The van der Waals surface area contributed by atoms with Crippen molar-refractivity contribution in [2.24, 2.45) is 0 Å². The van der Waals surface area contributed by atoms with E-state index in [2.05, 4.69) is 28.2 Å². The number of fused-ring (bicyclic) bond motifs is 2. The Bertz CT molecular complexity index is 1130. The van der Waals surface area contributed by atoms with Crippen LogP contribution in [-0.2, 0) is 6.67 Å². The molecule has 2 aromatic heterocycles. The van der Waals surface area contributed by atoms with Gasteiger partial charge in [-0.25, -0.2) is 4.98 Å². The van der Waals surface area contributed by atoms with E-state index in [4.69, 9.17) is 4.98 Å². The summed E-state index contributed by atoms with van der Waals surface area (Å²) in [4.78, 5) is 17.9. The van der Waals surface area contributed by atoms with Gasteiger partial charge in [0, 0.05) is 24.1 Å². The number of hydrogen-bond donors (Lipinski definition) is 0. The summed E-state index contributed by atoms with van der Waals surface area (Å²) in [6.07, 6.45) is 5.15. The molecule has 0 spiro atoms.